The monoisotopic (exact) mass is 511 g/mol. The van der Waals surface area contributed by atoms with E-state index in [0.717, 1.165) is 61.6 Å². The molecule has 0 aromatic heterocycles. The van der Waals surface area contributed by atoms with Gasteiger partial charge in [-0.25, -0.2) is 4.79 Å². The van der Waals surface area contributed by atoms with E-state index in [-0.39, 0.29) is 11.6 Å². The van der Waals surface area contributed by atoms with Gasteiger partial charge >= 0.3 is 5.97 Å². The second-order valence-corrected chi connectivity index (χ2v) is 9.78. The molecule has 1 atom stereocenters. The SMILES string of the molecule is C#Cc1ccc(-c2cccc(C3=C(C)C(=C)c4cc(C)cc(C(C)Nc5ccccc5C(=O)O)c4O3)c2)cc1. The standard InChI is InChI=1S/C35H29NO3/c1-6-25-14-16-26(17-15-25)27-10-9-11-28(20-27)33-23(4)22(3)30-18-21(2)19-31(34(30)39-33)24(5)36-32-13-8-7-12-29(32)35(37)38/h1,7-20,24,36H,3H2,2,4-5H3,(H,37,38). The second-order valence-electron chi connectivity index (χ2n) is 9.78. The van der Waals surface area contributed by atoms with Crippen LogP contribution in [0.15, 0.2) is 97.1 Å². The van der Waals surface area contributed by atoms with Crippen LogP contribution in [-0.2, 0) is 0 Å². The van der Waals surface area contributed by atoms with Gasteiger partial charge in [0.1, 0.15) is 11.5 Å². The van der Waals surface area contributed by atoms with Gasteiger partial charge in [-0.2, -0.15) is 0 Å². The van der Waals surface area contributed by atoms with E-state index in [0.29, 0.717) is 5.69 Å². The third-order valence-corrected chi connectivity index (χ3v) is 7.09. The van der Waals surface area contributed by atoms with Crippen LogP contribution in [-0.4, -0.2) is 11.1 Å². The minimum absolute atomic E-state index is 0.222. The minimum Gasteiger partial charge on any atom is -0.478 e. The molecule has 1 aliphatic heterocycles. The topological polar surface area (TPSA) is 58.6 Å². The van der Waals surface area contributed by atoms with Crippen molar-refractivity contribution < 1.29 is 14.6 Å². The second kappa shape index (κ2) is 10.4. The summed E-state index contributed by atoms with van der Waals surface area (Å²) in [5.74, 6) is 3.16. The molecule has 0 spiro atoms. The van der Waals surface area contributed by atoms with Gasteiger partial charge < -0.3 is 15.2 Å². The van der Waals surface area contributed by atoms with Crippen molar-refractivity contribution in [3.8, 4) is 29.2 Å². The third kappa shape index (κ3) is 4.95. The Morgan fingerprint density at radius 3 is 2.38 bits per heavy atom. The largest absolute Gasteiger partial charge is 0.478 e. The average molecular weight is 512 g/mol. The lowest BCUT2D eigenvalue weighted by atomic mass is 9.89. The fourth-order valence-corrected chi connectivity index (χ4v) is 4.96. The van der Waals surface area contributed by atoms with E-state index in [9.17, 15) is 9.90 Å². The molecule has 1 unspecified atom stereocenters. The number of nitrogens with one attached hydrogen (secondary N) is 1. The fourth-order valence-electron chi connectivity index (χ4n) is 4.96. The highest BCUT2D eigenvalue weighted by molar-refractivity contribution is 5.95. The van der Waals surface area contributed by atoms with Gasteiger partial charge in [-0.3, -0.25) is 0 Å². The number of carboxylic acid groups (broad SMARTS) is 1. The van der Waals surface area contributed by atoms with Crippen LogP contribution in [0.1, 0.15) is 58.1 Å². The first-order valence-electron chi connectivity index (χ1n) is 12.8. The first-order chi connectivity index (χ1) is 18.8. The number of benzene rings is 4. The van der Waals surface area contributed by atoms with Crippen molar-refractivity contribution in [3.63, 3.8) is 0 Å². The van der Waals surface area contributed by atoms with Crippen molar-refractivity contribution >= 4 is 23.0 Å². The number of para-hydroxylation sites is 1. The molecule has 0 saturated heterocycles. The highest BCUT2D eigenvalue weighted by Crippen LogP contribution is 2.45. The number of terminal acetylenes is 1. The summed E-state index contributed by atoms with van der Waals surface area (Å²) < 4.78 is 6.69. The van der Waals surface area contributed by atoms with Gasteiger partial charge in [0.2, 0.25) is 0 Å². The summed E-state index contributed by atoms with van der Waals surface area (Å²) in [6.07, 6.45) is 5.52. The Morgan fingerprint density at radius 2 is 1.67 bits per heavy atom. The molecule has 4 nitrogen and oxygen atoms in total. The lowest BCUT2D eigenvalue weighted by molar-refractivity contribution is 0.0698. The molecule has 0 saturated carbocycles. The quantitative estimate of drug-likeness (QED) is 0.255. The Bertz CT molecular complexity index is 1690. The molecule has 4 aromatic rings. The van der Waals surface area contributed by atoms with Crippen LogP contribution in [0.5, 0.6) is 5.75 Å². The van der Waals surface area contributed by atoms with Gasteiger partial charge in [0, 0.05) is 27.9 Å². The fraction of sp³-hybridized carbons (Fsp3) is 0.114. The van der Waals surface area contributed by atoms with E-state index in [1.54, 1.807) is 18.2 Å². The zero-order chi connectivity index (χ0) is 27.7. The van der Waals surface area contributed by atoms with Crippen LogP contribution in [0.2, 0.25) is 0 Å². The highest BCUT2D eigenvalue weighted by atomic mass is 16.5. The van der Waals surface area contributed by atoms with E-state index in [1.807, 2.05) is 63.2 Å². The predicted molar refractivity (Wildman–Crippen MR) is 159 cm³/mol. The Morgan fingerprint density at radius 1 is 0.949 bits per heavy atom. The maximum atomic E-state index is 11.8. The number of ether oxygens (including phenoxy) is 1. The molecule has 4 heteroatoms. The number of anilines is 1. The zero-order valence-electron chi connectivity index (χ0n) is 22.2. The molecule has 4 aromatic carbocycles. The van der Waals surface area contributed by atoms with Crippen molar-refractivity contribution in [2.45, 2.75) is 26.8 Å². The van der Waals surface area contributed by atoms with Crippen LogP contribution < -0.4 is 10.1 Å². The van der Waals surface area contributed by atoms with E-state index in [2.05, 4.69) is 42.1 Å². The van der Waals surface area contributed by atoms with Crippen LogP contribution >= 0.6 is 0 Å². The number of rotatable bonds is 6. The number of carboxylic acids is 1. The first-order valence-corrected chi connectivity index (χ1v) is 12.8. The number of carbonyl (C=O) groups is 1. The van der Waals surface area contributed by atoms with Gasteiger partial charge in [-0.05, 0) is 85.0 Å². The Kier molecular flexibility index (Phi) is 6.83. The first kappa shape index (κ1) is 25.6. The number of fused-ring (bicyclic) bond motifs is 1. The molecule has 0 aliphatic carbocycles. The molecule has 39 heavy (non-hydrogen) atoms. The minimum atomic E-state index is -0.976. The van der Waals surface area contributed by atoms with Crippen LogP contribution in [0.4, 0.5) is 5.69 Å². The number of aryl methyl sites for hydroxylation is 1. The molecule has 0 radical (unpaired) electrons. The molecule has 1 aliphatic rings. The van der Waals surface area contributed by atoms with Crippen molar-refractivity contribution in [1.29, 1.82) is 0 Å². The number of aromatic carboxylic acids is 1. The molecule has 2 N–H and O–H groups in total. The normalized spacial score (nSPS) is 13.2. The van der Waals surface area contributed by atoms with E-state index in [1.165, 1.54) is 0 Å². The molecule has 5 rings (SSSR count). The van der Waals surface area contributed by atoms with Crippen LogP contribution in [0.3, 0.4) is 0 Å². The smallest absolute Gasteiger partial charge is 0.337 e. The van der Waals surface area contributed by atoms with Crippen molar-refractivity contribution in [3.05, 3.63) is 130 Å². The van der Waals surface area contributed by atoms with Crippen LogP contribution in [0.25, 0.3) is 22.5 Å². The van der Waals surface area contributed by atoms with Gasteiger partial charge in [0.15, 0.2) is 0 Å². The lowest BCUT2D eigenvalue weighted by Gasteiger charge is -2.29. The maximum Gasteiger partial charge on any atom is 0.337 e. The third-order valence-electron chi connectivity index (χ3n) is 7.09. The molecule has 192 valence electrons. The molecular formula is C35H29NO3. The van der Waals surface area contributed by atoms with Gasteiger partial charge in [0.05, 0.1) is 11.6 Å². The Balaban J connectivity index is 1.53. The Hall–Kier alpha value is -5.01. The van der Waals surface area contributed by atoms with E-state index in [4.69, 9.17) is 11.2 Å². The van der Waals surface area contributed by atoms with Crippen molar-refractivity contribution in [2.75, 3.05) is 5.32 Å². The molecule has 0 bridgehead atoms. The van der Waals surface area contributed by atoms with Crippen LogP contribution in [0, 0.1) is 19.3 Å². The number of hydrogen-bond acceptors (Lipinski definition) is 3. The predicted octanol–water partition coefficient (Wildman–Crippen LogP) is 8.35. The molecule has 0 fully saturated rings. The van der Waals surface area contributed by atoms with Crippen molar-refractivity contribution in [2.24, 2.45) is 0 Å². The highest BCUT2D eigenvalue weighted by Gasteiger charge is 2.27. The molecule has 0 amide bonds. The average Bonchev–Trinajstić information content (AvgIpc) is 2.95. The summed E-state index contributed by atoms with van der Waals surface area (Å²) in [6, 6.07) is 27.0. The zero-order valence-corrected chi connectivity index (χ0v) is 22.2. The number of hydrogen-bond donors (Lipinski definition) is 2. The summed E-state index contributed by atoms with van der Waals surface area (Å²) in [7, 11) is 0. The summed E-state index contributed by atoms with van der Waals surface area (Å²) in [6.45, 7) is 10.5. The maximum absolute atomic E-state index is 11.8. The summed E-state index contributed by atoms with van der Waals surface area (Å²) in [5.41, 5.74) is 9.49. The molecular weight excluding hydrogens is 482 g/mol. The van der Waals surface area contributed by atoms with E-state index >= 15 is 0 Å². The summed E-state index contributed by atoms with van der Waals surface area (Å²) >= 11 is 0. The van der Waals surface area contributed by atoms with Gasteiger partial charge in [-0.15, -0.1) is 6.42 Å². The van der Waals surface area contributed by atoms with E-state index < -0.39 is 5.97 Å². The lowest BCUT2D eigenvalue weighted by Crippen LogP contribution is -2.15. The number of allylic oxidation sites excluding steroid dienone is 2. The van der Waals surface area contributed by atoms with Gasteiger partial charge in [0.25, 0.3) is 0 Å². The van der Waals surface area contributed by atoms with Gasteiger partial charge in [-0.1, -0.05) is 61.0 Å². The summed E-state index contributed by atoms with van der Waals surface area (Å²) in [5, 5.41) is 13.0. The Labute approximate surface area is 229 Å². The molecule has 1 heterocycles. The van der Waals surface area contributed by atoms with Crippen molar-refractivity contribution in [1.82, 2.24) is 0 Å². The summed E-state index contributed by atoms with van der Waals surface area (Å²) in [4.78, 5) is 11.8.